The SMILES string of the molecule is Cc1ccc(C(C=O)CBr)cc1C. The first-order valence-corrected chi connectivity index (χ1v) is 5.39. The lowest BCUT2D eigenvalue weighted by molar-refractivity contribution is -0.108. The highest BCUT2D eigenvalue weighted by molar-refractivity contribution is 9.09. The van der Waals surface area contributed by atoms with E-state index in [0.717, 1.165) is 11.8 Å². The average molecular weight is 241 g/mol. The second-order valence-electron chi connectivity index (χ2n) is 3.24. The third-order valence-electron chi connectivity index (χ3n) is 2.29. The van der Waals surface area contributed by atoms with Crippen LogP contribution in [0.3, 0.4) is 0 Å². The molecule has 0 aliphatic carbocycles. The van der Waals surface area contributed by atoms with Crippen LogP contribution in [0.4, 0.5) is 0 Å². The summed E-state index contributed by atoms with van der Waals surface area (Å²) in [5.41, 5.74) is 3.60. The van der Waals surface area contributed by atoms with Crippen molar-refractivity contribution < 1.29 is 4.79 Å². The lowest BCUT2D eigenvalue weighted by Crippen LogP contribution is -2.01. The van der Waals surface area contributed by atoms with E-state index in [1.54, 1.807) is 0 Å². The van der Waals surface area contributed by atoms with Crippen molar-refractivity contribution in [3.63, 3.8) is 0 Å². The van der Waals surface area contributed by atoms with Crippen molar-refractivity contribution in [1.29, 1.82) is 0 Å². The number of aldehydes is 1. The summed E-state index contributed by atoms with van der Waals surface area (Å²) in [5.74, 6) is -0.0145. The second kappa shape index (κ2) is 4.56. The Hall–Kier alpha value is -0.630. The molecule has 0 aliphatic heterocycles. The van der Waals surface area contributed by atoms with Gasteiger partial charge in [0.15, 0.2) is 0 Å². The fourth-order valence-corrected chi connectivity index (χ4v) is 1.73. The monoisotopic (exact) mass is 240 g/mol. The molecule has 0 aliphatic rings. The van der Waals surface area contributed by atoms with E-state index in [1.165, 1.54) is 11.1 Å². The van der Waals surface area contributed by atoms with Gasteiger partial charge in [-0.25, -0.2) is 0 Å². The summed E-state index contributed by atoms with van der Waals surface area (Å²) in [7, 11) is 0. The summed E-state index contributed by atoms with van der Waals surface area (Å²) >= 11 is 3.32. The lowest BCUT2D eigenvalue weighted by atomic mass is 9.98. The van der Waals surface area contributed by atoms with Crippen molar-refractivity contribution in [2.45, 2.75) is 19.8 Å². The molecule has 0 saturated carbocycles. The first-order chi connectivity index (χ1) is 6.19. The molecular formula is C11H13BrO. The molecule has 1 rings (SSSR count). The highest BCUT2D eigenvalue weighted by atomic mass is 79.9. The van der Waals surface area contributed by atoms with Crippen molar-refractivity contribution in [2.24, 2.45) is 0 Å². The second-order valence-corrected chi connectivity index (χ2v) is 3.89. The Bertz CT molecular complexity index is 307. The summed E-state index contributed by atoms with van der Waals surface area (Å²) in [6.07, 6.45) is 0.985. The Morgan fingerprint density at radius 3 is 2.54 bits per heavy atom. The highest BCUT2D eigenvalue weighted by Crippen LogP contribution is 2.19. The predicted molar refractivity (Wildman–Crippen MR) is 58.5 cm³/mol. The first-order valence-electron chi connectivity index (χ1n) is 4.27. The number of aryl methyl sites for hydroxylation is 2. The minimum absolute atomic E-state index is 0.0145. The van der Waals surface area contributed by atoms with Gasteiger partial charge in [-0.05, 0) is 30.5 Å². The molecule has 1 nitrogen and oxygen atoms in total. The standard InChI is InChI=1S/C11H13BrO/c1-8-3-4-10(5-9(8)2)11(6-12)7-13/h3-5,7,11H,6H2,1-2H3. The molecule has 0 bridgehead atoms. The van der Waals surface area contributed by atoms with Crippen LogP contribution in [0.25, 0.3) is 0 Å². The molecule has 2 heteroatoms. The molecule has 1 atom stereocenters. The van der Waals surface area contributed by atoms with Crippen LogP contribution < -0.4 is 0 Å². The van der Waals surface area contributed by atoms with Crippen LogP contribution in [-0.4, -0.2) is 11.6 Å². The molecule has 0 N–H and O–H groups in total. The van der Waals surface area contributed by atoms with Crippen LogP contribution in [-0.2, 0) is 4.79 Å². The van der Waals surface area contributed by atoms with Crippen molar-refractivity contribution in [2.75, 3.05) is 5.33 Å². The number of rotatable bonds is 3. The van der Waals surface area contributed by atoms with Crippen LogP contribution in [0.5, 0.6) is 0 Å². The van der Waals surface area contributed by atoms with Gasteiger partial charge in [0.05, 0.1) is 0 Å². The van der Waals surface area contributed by atoms with Gasteiger partial charge in [0, 0.05) is 11.2 Å². The lowest BCUT2D eigenvalue weighted by Gasteiger charge is -2.08. The zero-order valence-electron chi connectivity index (χ0n) is 7.88. The smallest absolute Gasteiger partial charge is 0.128 e. The molecule has 0 fully saturated rings. The molecule has 13 heavy (non-hydrogen) atoms. The number of carbonyl (C=O) groups excluding carboxylic acids is 1. The molecule has 70 valence electrons. The van der Waals surface area contributed by atoms with Crippen LogP contribution in [0.1, 0.15) is 22.6 Å². The predicted octanol–water partition coefficient (Wildman–Crippen LogP) is 2.98. The van der Waals surface area contributed by atoms with Gasteiger partial charge in [0.2, 0.25) is 0 Å². The van der Waals surface area contributed by atoms with Gasteiger partial charge in [-0.2, -0.15) is 0 Å². The largest absolute Gasteiger partial charge is 0.303 e. The highest BCUT2D eigenvalue weighted by Gasteiger charge is 2.08. The number of alkyl halides is 1. The van der Waals surface area contributed by atoms with E-state index in [4.69, 9.17) is 0 Å². The first kappa shape index (κ1) is 10.5. The van der Waals surface area contributed by atoms with E-state index in [2.05, 4.69) is 41.9 Å². The zero-order valence-corrected chi connectivity index (χ0v) is 9.47. The number of carbonyl (C=O) groups is 1. The number of halogens is 1. The number of hydrogen-bond acceptors (Lipinski definition) is 1. The van der Waals surface area contributed by atoms with Crippen molar-refractivity contribution in [3.8, 4) is 0 Å². The van der Waals surface area contributed by atoms with Crippen LogP contribution in [0.2, 0.25) is 0 Å². The van der Waals surface area contributed by atoms with E-state index in [9.17, 15) is 4.79 Å². The Kier molecular flexibility index (Phi) is 3.67. The molecular weight excluding hydrogens is 228 g/mol. The minimum atomic E-state index is -0.0145. The quantitative estimate of drug-likeness (QED) is 0.587. The Morgan fingerprint density at radius 2 is 2.08 bits per heavy atom. The molecule has 1 unspecified atom stereocenters. The topological polar surface area (TPSA) is 17.1 Å². The molecule has 0 radical (unpaired) electrons. The molecule has 0 saturated heterocycles. The fourth-order valence-electron chi connectivity index (χ4n) is 1.20. The maximum absolute atomic E-state index is 10.7. The minimum Gasteiger partial charge on any atom is -0.303 e. The van der Waals surface area contributed by atoms with Gasteiger partial charge in [-0.15, -0.1) is 0 Å². The number of benzene rings is 1. The summed E-state index contributed by atoms with van der Waals surface area (Å²) in [4.78, 5) is 10.7. The van der Waals surface area contributed by atoms with Crippen molar-refractivity contribution >= 4 is 22.2 Å². The van der Waals surface area contributed by atoms with Gasteiger partial charge in [-0.1, -0.05) is 34.1 Å². The summed E-state index contributed by atoms with van der Waals surface area (Å²) < 4.78 is 0. The van der Waals surface area contributed by atoms with Crippen LogP contribution >= 0.6 is 15.9 Å². The van der Waals surface area contributed by atoms with Gasteiger partial charge < -0.3 is 4.79 Å². The molecule has 0 heterocycles. The van der Waals surface area contributed by atoms with Crippen molar-refractivity contribution in [1.82, 2.24) is 0 Å². The third-order valence-corrected chi connectivity index (χ3v) is 2.99. The normalized spacial score (nSPS) is 12.5. The molecule has 1 aromatic carbocycles. The summed E-state index contributed by atoms with van der Waals surface area (Å²) in [6, 6.07) is 6.15. The van der Waals surface area contributed by atoms with E-state index >= 15 is 0 Å². The summed E-state index contributed by atoms with van der Waals surface area (Å²) in [5, 5.41) is 0.693. The van der Waals surface area contributed by atoms with Gasteiger partial charge in [0.25, 0.3) is 0 Å². The average Bonchev–Trinajstić information content (AvgIpc) is 2.13. The van der Waals surface area contributed by atoms with E-state index in [1.807, 2.05) is 6.07 Å². The van der Waals surface area contributed by atoms with Crippen molar-refractivity contribution in [3.05, 3.63) is 34.9 Å². The molecule has 0 amide bonds. The van der Waals surface area contributed by atoms with E-state index in [-0.39, 0.29) is 5.92 Å². The van der Waals surface area contributed by atoms with Crippen LogP contribution in [0.15, 0.2) is 18.2 Å². The zero-order chi connectivity index (χ0) is 9.84. The maximum Gasteiger partial charge on any atom is 0.128 e. The Balaban J connectivity index is 3.01. The van der Waals surface area contributed by atoms with Gasteiger partial charge in [0.1, 0.15) is 6.29 Å². The fraction of sp³-hybridized carbons (Fsp3) is 0.364. The van der Waals surface area contributed by atoms with Gasteiger partial charge >= 0.3 is 0 Å². The summed E-state index contributed by atoms with van der Waals surface area (Å²) in [6.45, 7) is 4.14. The van der Waals surface area contributed by atoms with E-state index < -0.39 is 0 Å². The van der Waals surface area contributed by atoms with E-state index in [0.29, 0.717) is 5.33 Å². The molecule has 0 spiro atoms. The maximum atomic E-state index is 10.7. The van der Waals surface area contributed by atoms with Crippen LogP contribution in [0, 0.1) is 13.8 Å². The Labute approximate surface area is 87.3 Å². The van der Waals surface area contributed by atoms with Gasteiger partial charge in [-0.3, -0.25) is 0 Å². The number of hydrogen-bond donors (Lipinski definition) is 0. The molecule has 1 aromatic rings. The third kappa shape index (κ3) is 2.41. The molecule has 0 aromatic heterocycles. The Morgan fingerprint density at radius 1 is 1.38 bits per heavy atom.